The van der Waals surface area contributed by atoms with E-state index in [4.69, 9.17) is 15.2 Å². The first-order valence-electron chi connectivity index (χ1n) is 4.75. The van der Waals surface area contributed by atoms with Gasteiger partial charge in [-0.1, -0.05) is 0 Å². The average Bonchev–Trinajstić information content (AvgIpc) is 2.76. The van der Waals surface area contributed by atoms with Crippen molar-refractivity contribution in [2.45, 2.75) is 0 Å². The highest BCUT2D eigenvalue weighted by Crippen LogP contribution is 2.38. The Balaban J connectivity index is 2.55. The number of aromatic amines is 1. The Labute approximate surface area is 106 Å². The number of nitrogens with zero attached hydrogens (tertiary/aromatic N) is 2. The molecule has 0 radical (unpaired) electrons. The second kappa shape index (κ2) is 4.62. The number of anilines is 1. The summed E-state index contributed by atoms with van der Waals surface area (Å²) in [6.07, 6.45) is 0. The van der Waals surface area contributed by atoms with Gasteiger partial charge in [0, 0.05) is 5.56 Å². The van der Waals surface area contributed by atoms with E-state index in [9.17, 15) is 0 Å². The molecule has 1 aromatic carbocycles. The number of aromatic nitrogens is 3. The maximum absolute atomic E-state index is 5.46. The van der Waals surface area contributed by atoms with Crippen LogP contribution in [0.25, 0.3) is 11.4 Å². The monoisotopic (exact) mass is 298 g/mol. The number of halogens is 1. The van der Waals surface area contributed by atoms with Crippen LogP contribution in [-0.2, 0) is 0 Å². The van der Waals surface area contributed by atoms with Crippen LogP contribution in [0.15, 0.2) is 16.6 Å². The normalized spacial score (nSPS) is 10.3. The summed E-state index contributed by atoms with van der Waals surface area (Å²) in [7, 11) is 3.16. The molecule has 0 amide bonds. The number of hydrogen-bond donors (Lipinski definition) is 2. The van der Waals surface area contributed by atoms with E-state index >= 15 is 0 Å². The second-order valence-electron chi connectivity index (χ2n) is 3.24. The summed E-state index contributed by atoms with van der Waals surface area (Å²) in [6.45, 7) is 0. The Morgan fingerprint density at radius 1 is 1.24 bits per heavy atom. The van der Waals surface area contributed by atoms with Crippen molar-refractivity contribution in [3.8, 4) is 22.9 Å². The molecule has 0 spiro atoms. The zero-order valence-electron chi connectivity index (χ0n) is 9.32. The molecule has 0 bridgehead atoms. The number of H-pyrrole nitrogens is 1. The molecular formula is C10H11BrN4O2. The Morgan fingerprint density at radius 2 is 1.82 bits per heavy atom. The van der Waals surface area contributed by atoms with Gasteiger partial charge in [-0.25, -0.2) is 0 Å². The van der Waals surface area contributed by atoms with Crippen LogP contribution in [0.5, 0.6) is 11.5 Å². The molecule has 7 heteroatoms. The van der Waals surface area contributed by atoms with E-state index in [0.717, 1.165) is 10.0 Å². The molecule has 0 aliphatic rings. The van der Waals surface area contributed by atoms with Crippen molar-refractivity contribution < 1.29 is 9.47 Å². The molecule has 3 N–H and O–H groups in total. The fraction of sp³-hybridized carbons (Fsp3) is 0.200. The van der Waals surface area contributed by atoms with E-state index in [2.05, 4.69) is 31.1 Å². The topological polar surface area (TPSA) is 86.0 Å². The summed E-state index contributed by atoms with van der Waals surface area (Å²) < 4.78 is 11.2. The Hall–Kier alpha value is -1.76. The minimum Gasteiger partial charge on any atom is -0.495 e. The van der Waals surface area contributed by atoms with Crippen molar-refractivity contribution in [2.75, 3.05) is 20.0 Å². The second-order valence-corrected chi connectivity index (χ2v) is 4.03. The van der Waals surface area contributed by atoms with Gasteiger partial charge < -0.3 is 15.2 Å². The molecule has 1 heterocycles. The predicted molar refractivity (Wildman–Crippen MR) is 67.0 cm³/mol. The molecule has 6 nitrogen and oxygen atoms in total. The van der Waals surface area contributed by atoms with Gasteiger partial charge in [0.1, 0.15) is 16.0 Å². The molecule has 0 aliphatic carbocycles. The molecule has 2 aromatic rings. The molecular weight excluding hydrogens is 288 g/mol. The van der Waals surface area contributed by atoms with Crippen LogP contribution in [0.3, 0.4) is 0 Å². The van der Waals surface area contributed by atoms with Gasteiger partial charge in [-0.2, -0.15) is 4.98 Å². The lowest BCUT2D eigenvalue weighted by atomic mass is 10.2. The van der Waals surface area contributed by atoms with Gasteiger partial charge in [-0.05, 0) is 28.1 Å². The van der Waals surface area contributed by atoms with Crippen molar-refractivity contribution in [3.63, 3.8) is 0 Å². The number of rotatable bonds is 3. The zero-order valence-corrected chi connectivity index (χ0v) is 10.9. The highest BCUT2D eigenvalue weighted by atomic mass is 79.9. The molecule has 90 valence electrons. The van der Waals surface area contributed by atoms with E-state index in [-0.39, 0.29) is 5.95 Å². The van der Waals surface area contributed by atoms with Gasteiger partial charge in [0.05, 0.1) is 14.2 Å². The maximum Gasteiger partial charge on any atom is 0.239 e. The van der Waals surface area contributed by atoms with Crippen molar-refractivity contribution >= 4 is 21.9 Å². The number of nitrogen functional groups attached to an aromatic ring is 1. The molecule has 0 aliphatic heterocycles. The van der Waals surface area contributed by atoms with Gasteiger partial charge in [0.15, 0.2) is 5.82 Å². The summed E-state index contributed by atoms with van der Waals surface area (Å²) in [6, 6.07) is 3.62. The first kappa shape index (κ1) is 11.7. The molecule has 17 heavy (non-hydrogen) atoms. The fourth-order valence-corrected chi connectivity index (χ4v) is 1.96. The number of benzene rings is 1. The summed E-state index contributed by atoms with van der Waals surface area (Å²) >= 11 is 3.39. The van der Waals surface area contributed by atoms with E-state index in [1.54, 1.807) is 14.2 Å². The summed E-state index contributed by atoms with van der Waals surface area (Å²) in [5.74, 6) is 2.05. The Kier molecular flexibility index (Phi) is 3.19. The third-order valence-electron chi connectivity index (χ3n) is 2.22. The molecule has 1 aromatic heterocycles. The highest BCUT2D eigenvalue weighted by molar-refractivity contribution is 9.10. The summed E-state index contributed by atoms with van der Waals surface area (Å²) in [5.41, 5.74) is 6.25. The van der Waals surface area contributed by atoms with Gasteiger partial charge in [0.25, 0.3) is 0 Å². The van der Waals surface area contributed by atoms with Crippen LogP contribution < -0.4 is 15.2 Å². The minimum atomic E-state index is 0.195. The highest BCUT2D eigenvalue weighted by Gasteiger charge is 2.13. The number of nitrogens with one attached hydrogen (secondary N) is 1. The molecule has 0 saturated carbocycles. The van der Waals surface area contributed by atoms with Crippen molar-refractivity contribution in [3.05, 3.63) is 16.6 Å². The largest absolute Gasteiger partial charge is 0.495 e. The van der Waals surface area contributed by atoms with Crippen LogP contribution in [0.2, 0.25) is 0 Å². The van der Waals surface area contributed by atoms with Crippen LogP contribution in [0.4, 0.5) is 5.95 Å². The third kappa shape index (κ3) is 2.19. The smallest absolute Gasteiger partial charge is 0.239 e. The molecule has 0 unspecified atom stereocenters. The van der Waals surface area contributed by atoms with Crippen molar-refractivity contribution in [2.24, 2.45) is 0 Å². The third-order valence-corrected chi connectivity index (χ3v) is 3.00. The average molecular weight is 299 g/mol. The van der Waals surface area contributed by atoms with Crippen LogP contribution in [0.1, 0.15) is 0 Å². The lowest BCUT2D eigenvalue weighted by molar-refractivity contribution is 0.390. The van der Waals surface area contributed by atoms with Crippen molar-refractivity contribution in [1.82, 2.24) is 15.2 Å². The molecule has 2 rings (SSSR count). The van der Waals surface area contributed by atoms with E-state index in [0.29, 0.717) is 17.3 Å². The zero-order chi connectivity index (χ0) is 12.4. The molecule has 0 atom stereocenters. The minimum absolute atomic E-state index is 0.195. The fourth-order valence-electron chi connectivity index (χ4n) is 1.41. The number of nitrogens with two attached hydrogens (primary N) is 1. The van der Waals surface area contributed by atoms with Crippen molar-refractivity contribution in [1.29, 1.82) is 0 Å². The summed E-state index contributed by atoms with van der Waals surface area (Å²) in [5, 5.41) is 6.51. The quantitative estimate of drug-likeness (QED) is 0.903. The Morgan fingerprint density at radius 3 is 2.24 bits per heavy atom. The predicted octanol–water partition coefficient (Wildman–Crippen LogP) is 1.83. The molecule has 0 saturated heterocycles. The van der Waals surface area contributed by atoms with E-state index < -0.39 is 0 Å². The number of hydrogen-bond acceptors (Lipinski definition) is 5. The first-order valence-corrected chi connectivity index (χ1v) is 5.54. The SMILES string of the molecule is COc1cc(-c2nc(N)n[nH]2)cc(OC)c1Br. The van der Waals surface area contributed by atoms with E-state index in [1.165, 1.54) is 0 Å². The van der Waals surface area contributed by atoms with Crippen LogP contribution in [-0.4, -0.2) is 29.4 Å². The maximum atomic E-state index is 5.46. The van der Waals surface area contributed by atoms with Gasteiger partial charge in [0.2, 0.25) is 5.95 Å². The number of methoxy groups -OCH3 is 2. The number of ether oxygens (including phenoxy) is 2. The Bertz CT molecular complexity index is 516. The van der Waals surface area contributed by atoms with Crippen LogP contribution in [0, 0.1) is 0 Å². The van der Waals surface area contributed by atoms with Gasteiger partial charge in [-0.3, -0.25) is 5.10 Å². The van der Waals surface area contributed by atoms with Gasteiger partial charge in [-0.15, -0.1) is 5.10 Å². The first-order chi connectivity index (χ1) is 8.15. The molecule has 0 fully saturated rings. The lowest BCUT2D eigenvalue weighted by Gasteiger charge is -2.10. The lowest BCUT2D eigenvalue weighted by Crippen LogP contribution is -1.92. The van der Waals surface area contributed by atoms with Gasteiger partial charge >= 0.3 is 0 Å². The van der Waals surface area contributed by atoms with E-state index in [1.807, 2.05) is 12.1 Å². The standard InChI is InChI=1S/C10H11BrN4O2/c1-16-6-3-5(4-7(17-2)8(6)11)9-13-10(12)15-14-9/h3-4H,1-2H3,(H3,12,13,14,15). The van der Waals surface area contributed by atoms with Crippen LogP contribution >= 0.6 is 15.9 Å². The summed E-state index contributed by atoms with van der Waals surface area (Å²) in [4.78, 5) is 4.05.